The summed E-state index contributed by atoms with van der Waals surface area (Å²) in [6.07, 6.45) is 0. The van der Waals surface area contributed by atoms with Gasteiger partial charge in [-0.25, -0.2) is 4.79 Å². The summed E-state index contributed by atoms with van der Waals surface area (Å²) in [5.41, 5.74) is 2.39. The minimum atomic E-state index is -0.483. The van der Waals surface area contributed by atoms with Gasteiger partial charge in [0.1, 0.15) is 0 Å². The number of fused-ring (bicyclic) bond motifs is 1. The van der Waals surface area contributed by atoms with Gasteiger partial charge in [-0.15, -0.1) is 0 Å². The number of amides is 2. The second-order valence-corrected chi connectivity index (χ2v) is 7.03. The molecule has 1 saturated heterocycles. The number of Topliss-reactive ketones (excluding diaryl/α,β-unsaturated/α-hetero) is 1. The first kappa shape index (κ1) is 19.8. The van der Waals surface area contributed by atoms with Crippen LogP contribution in [-0.2, 0) is 4.74 Å². The summed E-state index contributed by atoms with van der Waals surface area (Å²) in [5, 5.41) is 9.48. The zero-order chi connectivity index (χ0) is 20.9. The molecule has 1 aliphatic rings. The molecule has 154 valence electrons. The summed E-state index contributed by atoms with van der Waals surface area (Å²) in [6.45, 7) is 1.70. The second-order valence-electron chi connectivity index (χ2n) is 7.03. The number of H-pyrrole nitrogens is 1. The molecule has 0 radical (unpaired) electrons. The third-order valence-electron chi connectivity index (χ3n) is 4.94. The van der Waals surface area contributed by atoms with Crippen molar-refractivity contribution in [2.75, 3.05) is 31.6 Å². The van der Waals surface area contributed by atoms with Crippen LogP contribution in [-0.4, -0.2) is 43.1 Å². The molecular weight excluding hydrogens is 384 g/mol. The van der Waals surface area contributed by atoms with E-state index in [1.54, 1.807) is 48.5 Å². The summed E-state index contributed by atoms with van der Waals surface area (Å²) >= 11 is 0. The Morgan fingerprint density at radius 3 is 2.70 bits per heavy atom. The highest BCUT2D eigenvalue weighted by molar-refractivity contribution is 6.01. The number of carbonyl (C=O) groups excluding carboxylic acids is 2. The van der Waals surface area contributed by atoms with Crippen molar-refractivity contribution >= 4 is 28.4 Å². The highest BCUT2D eigenvalue weighted by atomic mass is 16.5. The summed E-state index contributed by atoms with van der Waals surface area (Å²) in [6, 6.07) is 15.0. The second kappa shape index (κ2) is 8.89. The Labute approximate surface area is 172 Å². The lowest BCUT2D eigenvalue weighted by molar-refractivity contribution is 0.0772. The van der Waals surface area contributed by atoms with E-state index in [0.717, 1.165) is 10.9 Å². The molecule has 8 nitrogen and oxygen atoms in total. The SMILES string of the molecule is O=C(NCC(=O)c1ccccc1)Nc1ccc2[nH]c(=O)cc(C3COCCN3)c2c1. The maximum absolute atomic E-state index is 12.3. The molecule has 8 heteroatoms. The molecule has 0 bridgehead atoms. The van der Waals surface area contributed by atoms with Crippen molar-refractivity contribution in [1.29, 1.82) is 0 Å². The van der Waals surface area contributed by atoms with Crippen molar-refractivity contribution in [2.45, 2.75) is 6.04 Å². The number of rotatable bonds is 5. The Balaban J connectivity index is 1.49. The fraction of sp³-hybridized carbons (Fsp3) is 0.227. The highest BCUT2D eigenvalue weighted by Crippen LogP contribution is 2.26. The number of benzene rings is 2. The zero-order valence-electron chi connectivity index (χ0n) is 16.2. The number of aromatic amines is 1. The van der Waals surface area contributed by atoms with Crippen LogP contribution in [0.3, 0.4) is 0 Å². The van der Waals surface area contributed by atoms with Gasteiger partial charge in [-0.1, -0.05) is 30.3 Å². The molecule has 1 fully saturated rings. The first-order chi connectivity index (χ1) is 14.6. The van der Waals surface area contributed by atoms with Crippen LogP contribution in [0.25, 0.3) is 10.9 Å². The van der Waals surface area contributed by atoms with Crippen LogP contribution >= 0.6 is 0 Å². The van der Waals surface area contributed by atoms with E-state index in [2.05, 4.69) is 20.9 Å². The topological polar surface area (TPSA) is 112 Å². The van der Waals surface area contributed by atoms with Gasteiger partial charge in [-0.2, -0.15) is 0 Å². The van der Waals surface area contributed by atoms with Gasteiger partial charge in [0.25, 0.3) is 0 Å². The van der Waals surface area contributed by atoms with Crippen molar-refractivity contribution in [2.24, 2.45) is 0 Å². The Bertz CT molecular complexity index is 1120. The Morgan fingerprint density at radius 2 is 1.93 bits per heavy atom. The predicted molar refractivity (Wildman–Crippen MR) is 114 cm³/mol. The van der Waals surface area contributed by atoms with Crippen LogP contribution < -0.4 is 21.5 Å². The average molecular weight is 406 g/mol. The van der Waals surface area contributed by atoms with Crippen LogP contribution in [0.1, 0.15) is 22.0 Å². The van der Waals surface area contributed by atoms with Gasteiger partial charge < -0.3 is 25.7 Å². The van der Waals surface area contributed by atoms with Crippen molar-refractivity contribution in [3.8, 4) is 0 Å². The molecule has 2 aromatic carbocycles. The fourth-order valence-corrected chi connectivity index (χ4v) is 3.47. The van der Waals surface area contributed by atoms with Crippen LogP contribution in [0.2, 0.25) is 0 Å². The Morgan fingerprint density at radius 1 is 1.10 bits per heavy atom. The van der Waals surface area contributed by atoms with Crippen molar-refractivity contribution in [3.63, 3.8) is 0 Å². The average Bonchev–Trinajstić information content (AvgIpc) is 2.78. The standard InChI is InChI=1S/C22H22N4O4/c27-20(14-4-2-1-3-5-14)12-24-22(29)25-15-6-7-18-16(10-15)17(11-21(28)26-18)19-13-30-9-8-23-19/h1-7,10-11,19,23H,8-9,12-13H2,(H,26,28)(H2,24,25,29). The molecule has 1 atom stereocenters. The molecule has 3 aromatic rings. The quantitative estimate of drug-likeness (QED) is 0.485. The lowest BCUT2D eigenvalue weighted by Gasteiger charge is -2.25. The first-order valence-corrected chi connectivity index (χ1v) is 9.71. The van der Waals surface area contributed by atoms with Crippen molar-refractivity contribution in [1.82, 2.24) is 15.6 Å². The third-order valence-corrected chi connectivity index (χ3v) is 4.94. The van der Waals surface area contributed by atoms with E-state index in [1.807, 2.05) is 6.07 Å². The molecule has 4 rings (SSSR count). The molecule has 1 unspecified atom stereocenters. The number of urea groups is 1. The molecule has 4 N–H and O–H groups in total. The number of ketones is 1. The normalized spacial score (nSPS) is 16.2. The molecule has 1 aliphatic heterocycles. The molecule has 1 aromatic heterocycles. The lowest BCUT2D eigenvalue weighted by atomic mass is 10.0. The largest absolute Gasteiger partial charge is 0.378 e. The van der Waals surface area contributed by atoms with Crippen LogP contribution in [0.4, 0.5) is 10.5 Å². The van der Waals surface area contributed by atoms with Gasteiger partial charge in [-0.05, 0) is 23.8 Å². The number of anilines is 1. The number of hydrogen-bond acceptors (Lipinski definition) is 5. The third kappa shape index (κ3) is 4.56. The molecule has 30 heavy (non-hydrogen) atoms. The van der Waals surface area contributed by atoms with Gasteiger partial charge in [0.15, 0.2) is 5.78 Å². The van der Waals surface area contributed by atoms with Gasteiger partial charge in [-0.3, -0.25) is 9.59 Å². The van der Waals surface area contributed by atoms with Crippen LogP contribution in [0.15, 0.2) is 59.4 Å². The lowest BCUT2D eigenvalue weighted by Crippen LogP contribution is -2.35. The van der Waals surface area contributed by atoms with E-state index in [0.29, 0.717) is 36.5 Å². The van der Waals surface area contributed by atoms with E-state index < -0.39 is 6.03 Å². The summed E-state index contributed by atoms with van der Waals surface area (Å²) in [5.74, 6) is -0.174. The van der Waals surface area contributed by atoms with Gasteiger partial charge in [0, 0.05) is 34.8 Å². The molecule has 2 heterocycles. The van der Waals surface area contributed by atoms with E-state index in [-0.39, 0.29) is 23.9 Å². The monoisotopic (exact) mass is 406 g/mol. The Hall–Kier alpha value is -3.49. The number of pyridine rings is 1. The molecule has 0 saturated carbocycles. The molecular formula is C22H22N4O4. The number of nitrogens with one attached hydrogen (secondary N) is 4. The van der Waals surface area contributed by atoms with E-state index in [9.17, 15) is 14.4 Å². The fourth-order valence-electron chi connectivity index (χ4n) is 3.47. The number of morpholine rings is 1. The maximum atomic E-state index is 12.3. The van der Waals surface area contributed by atoms with Crippen molar-refractivity contribution in [3.05, 3.63) is 76.1 Å². The van der Waals surface area contributed by atoms with Gasteiger partial charge in [0.2, 0.25) is 5.56 Å². The summed E-state index contributed by atoms with van der Waals surface area (Å²) in [7, 11) is 0. The zero-order valence-corrected chi connectivity index (χ0v) is 16.2. The highest BCUT2D eigenvalue weighted by Gasteiger charge is 2.19. The maximum Gasteiger partial charge on any atom is 0.319 e. The summed E-state index contributed by atoms with van der Waals surface area (Å²) < 4.78 is 5.52. The number of hydrogen-bond donors (Lipinski definition) is 4. The Kier molecular flexibility index (Phi) is 5.87. The van der Waals surface area contributed by atoms with Gasteiger partial charge >= 0.3 is 6.03 Å². The molecule has 0 spiro atoms. The van der Waals surface area contributed by atoms with Crippen molar-refractivity contribution < 1.29 is 14.3 Å². The minimum Gasteiger partial charge on any atom is -0.378 e. The van der Waals surface area contributed by atoms with E-state index >= 15 is 0 Å². The van der Waals surface area contributed by atoms with Crippen LogP contribution in [0, 0.1) is 0 Å². The molecule has 0 aliphatic carbocycles. The van der Waals surface area contributed by atoms with E-state index in [4.69, 9.17) is 4.74 Å². The van der Waals surface area contributed by atoms with Crippen LogP contribution in [0.5, 0.6) is 0 Å². The molecule has 2 amide bonds. The first-order valence-electron chi connectivity index (χ1n) is 9.71. The number of ether oxygens (including phenoxy) is 1. The smallest absolute Gasteiger partial charge is 0.319 e. The number of aromatic nitrogens is 1. The van der Waals surface area contributed by atoms with Gasteiger partial charge in [0.05, 0.1) is 25.8 Å². The number of carbonyl (C=O) groups is 2. The van der Waals surface area contributed by atoms with E-state index in [1.165, 1.54) is 0 Å². The predicted octanol–water partition coefficient (Wildman–Crippen LogP) is 2.19. The summed E-state index contributed by atoms with van der Waals surface area (Å²) in [4.78, 5) is 39.2. The minimum absolute atomic E-state index is 0.101.